The molecule has 350 valence electrons. The highest BCUT2D eigenvalue weighted by Crippen LogP contribution is 2.46. The number of para-hydroxylation sites is 2. The summed E-state index contributed by atoms with van der Waals surface area (Å²) in [6.07, 6.45) is -10.3. The Bertz CT molecular complexity index is 4390. The fraction of sp³-hybridized carbons (Fsp3) is 0.0328. The van der Waals surface area contributed by atoms with Crippen LogP contribution in [0, 0.1) is 56.7 Å². The van der Waals surface area contributed by atoms with E-state index in [1.807, 2.05) is 94.1 Å². The van der Waals surface area contributed by atoms with Gasteiger partial charge >= 0.3 is 12.4 Å². The highest BCUT2D eigenvalue weighted by Gasteiger charge is 2.37. The standard InChI is InChI=1S/C61H29F6N7/c62-60(63,64)44-24-41(25-45(29-44)61(65,66)67)37-14-19-57(73-53-9-3-1-7-48(53)50-27-38(15-20-55(50)73)46-17-12-35(30-68)22-42(46)33-71)52(26-37)59-40(32-70)6-5-11-58(59)74-54-10-4-2-8-49(54)51-28-39(16-21-56(51)74)47-18-13-36(31-69)23-43(47)34-72/h1-29H. The zero-order valence-electron chi connectivity index (χ0n) is 38.1. The summed E-state index contributed by atoms with van der Waals surface area (Å²) >= 11 is 0. The van der Waals surface area contributed by atoms with E-state index in [4.69, 9.17) is 0 Å². The van der Waals surface area contributed by atoms with Crippen molar-refractivity contribution >= 4 is 43.6 Å². The lowest BCUT2D eigenvalue weighted by atomic mass is 9.91. The number of hydrogen-bond acceptors (Lipinski definition) is 5. The first kappa shape index (κ1) is 46.0. The van der Waals surface area contributed by atoms with Crippen LogP contribution in [0.2, 0.25) is 0 Å². The molecule has 0 fully saturated rings. The second-order valence-corrected chi connectivity index (χ2v) is 17.5. The molecule has 9 aromatic carbocycles. The SMILES string of the molecule is N#Cc1ccc(-c2ccc3c(c2)c2ccccc2n3-c2ccc(-c3cc(C(F)(F)F)cc(C(F)(F)F)c3)cc2-c2c(C#N)cccc2-n2c3ccccc3c3cc(-c4ccc(C#N)cc4C#N)ccc32)c(C#N)c1. The largest absolute Gasteiger partial charge is 0.416 e. The van der Waals surface area contributed by atoms with Gasteiger partial charge in [0.1, 0.15) is 0 Å². The molecule has 0 bridgehead atoms. The molecule has 74 heavy (non-hydrogen) atoms. The Balaban J connectivity index is 1.23. The molecule has 0 aliphatic heterocycles. The Morgan fingerprint density at radius 1 is 0.324 bits per heavy atom. The molecule has 2 heterocycles. The smallest absolute Gasteiger partial charge is 0.309 e. The van der Waals surface area contributed by atoms with Crippen molar-refractivity contribution in [2.45, 2.75) is 12.4 Å². The van der Waals surface area contributed by atoms with Crippen molar-refractivity contribution in [2.24, 2.45) is 0 Å². The quantitative estimate of drug-likeness (QED) is 0.153. The van der Waals surface area contributed by atoms with E-state index in [1.54, 1.807) is 48.5 Å². The molecular formula is C61H29F6N7. The van der Waals surface area contributed by atoms with E-state index in [0.717, 1.165) is 21.5 Å². The van der Waals surface area contributed by atoms with Crippen LogP contribution in [0.4, 0.5) is 26.3 Å². The van der Waals surface area contributed by atoms with Gasteiger partial charge < -0.3 is 9.13 Å². The van der Waals surface area contributed by atoms with Crippen LogP contribution in [0.25, 0.3) is 99.5 Å². The molecule has 11 rings (SSSR count). The van der Waals surface area contributed by atoms with Gasteiger partial charge in [0.05, 0.1) is 103 Å². The van der Waals surface area contributed by atoms with E-state index in [1.165, 1.54) is 24.3 Å². The predicted molar refractivity (Wildman–Crippen MR) is 270 cm³/mol. The number of fused-ring (bicyclic) bond motifs is 6. The van der Waals surface area contributed by atoms with Crippen molar-refractivity contribution in [3.05, 3.63) is 215 Å². The third-order valence-electron chi connectivity index (χ3n) is 13.3. The molecule has 0 aliphatic carbocycles. The first-order valence-electron chi connectivity index (χ1n) is 22.7. The van der Waals surface area contributed by atoms with Crippen LogP contribution in [0.1, 0.15) is 38.9 Å². The first-order chi connectivity index (χ1) is 35.7. The fourth-order valence-electron chi connectivity index (χ4n) is 10.1. The molecule has 0 aliphatic rings. The van der Waals surface area contributed by atoms with Gasteiger partial charge in [-0.2, -0.15) is 52.7 Å². The molecule has 0 unspecified atom stereocenters. The summed E-state index contributed by atoms with van der Waals surface area (Å²) < 4.78 is 90.6. The maximum atomic E-state index is 14.4. The number of halogens is 6. The molecule has 0 spiro atoms. The van der Waals surface area contributed by atoms with Crippen molar-refractivity contribution in [2.75, 3.05) is 0 Å². The first-order valence-corrected chi connectivity index (χ1v) is 22.7. The van der Waals surface area contributed by atoms with E-state index < -0.39 is 23.5 Å². The Kier molecular flexibility index (Phi) is 10.9. The number of nitriles is 5. The van der Waals surface area contributed by atoms with Crippen LogP contribution in [0.3, 0.4) is 0 Å². The van der Waals surface area contributed by atoms with Crippen LogP contribution in [0.15, 0.2) is 176 Å². The van der Waals surface area contributed by atoms with Crippen LogP contribution in [-0.2, 0) is 12.4 Å². The lowest BCUT2D eigenvalue weighted by molar-refractivity contribution is -0.143. The monoisotopic (exact) mass is 973 g/mol. The second kappa shape index (κ2) is 17.5. The van der Waals surface area contributed by atoms with Crippen molar-refractivity contribution in [1.29, 1.82) is 26.3 Å². The summed E-state index contributed by atoms with van der Waals surface area (Å²) in [4.78, 5) is 0. The molecule has 0 saturated carbocycles. The molecule has 11 aromatic rings. The van der Waals surface area contributed by atoms with Gasteiger partial charge in [0.25, 0.3) is 0 Å². The van der Waals surface area contributed by atoms with E-state index >= 15 is 0 Å². The lowest BCUT2D eigenvalue weighted by Crippen LogP contribution is -2.11. The third-order valence-corrected chi connectivity index (χ3v) is 13.3. The van der Waals surface area contributed by atoms with Gasteiger partial charge in [-0.1, -0.05) is 72.8 Å². The van der Waals surface area contributed by atoms with E-state index in [-0.39, 0.29) is 28.3 Å². The Morgan fingerprint density at radius 3 is 1.28 bits per heavy atom. The summed E-state index contributed by atoms with van der Waals surface area (Å²) in [5.41, 5.74) is 4.82. The summed E-state index contributed by atoms with van der Waals surface area (Å²) in [5.74, 6) is 0. The Morgan fingerprint density at radius 2 is 0.797 bits per heavy atom. The van der Waals surface area contributed by atoms with Crippen molar-refractivity contribution in [1.82, 2.24) is 9.13 Å². The molecule has 0 atom stereocenters. The molecule has 0 N–H and O–H groups in total. The zero-order chi connectivity index (χ0) is 51.6. The summed E-state index contributed by atoms with van der Waals surface area (Å²) in [7, 11) is 0. The highest BCUT2D eigenvalue weighted by molar-refractivity contribution is 6.13. The van der Waals surface area contributed by atoms with Crippen LogP contribution in [0.5, 0.6) is 0 Å². The average molecular weight is 974 g/mol. The Hall–Kier alpha value is -10.4. The lowest BCUT2D eigenvalue weighted by Gasteiger charge is -2.21. The Labute approximate surface area is 417 Å². The van der Waals surface area contributed by atoms with Crippen molar-refractivity contribution in [3.63, 3.8) is 0 Å². The molecule has 7 nitrogen and oxygen atoms in total. The number of hydrogen-bond donors (Lipinski definition) is 0. The van der Waals surface area contributed by atoms with Gasteiger partial charge in [-0.3, -0.25) is 0 Å². The van der Waals surface area contributed by atoms with Crippen LogP contribution < -0.4 is 0 Å². The number of nitrogens with zero attached hydrogens (tertiary/aromatic N) is 7. The summed E-state index contributed by atoms with van der Waals surface area (Å²) in [6.45, 7) is 0. The summed E-state index contributed by atoms with van der Waals surface area (Å²) in [5, 5.41) is 53.5. The molecule has 2 aromatic heterocycles. The third kappa shape index (κ3) is 7.60. The second-order valence-electron chi connectivity index (χ2n) is 17.5. The van der Waals surface area contributed by atoms with Gasteiger partial charge in [-0.25, -0.2) is 0 Å². The summed E-state index contributed by atoms with van der Waals surface area (Å²) in [6, 6.07) is 58.0. The van der Waals surface area contributed by atoms with E-state index in [0.29, 0.717) is 95.6 Å². The van der Waals surface area contributed by atoms with Crippen molar-refractivity contribution in [3.8, 4) is 86.2 Å². The molecular weight excluding hydrogens is 945 g/mol. The molecule has 13 heteroatoms. The highest BCUT2D eigenvalue weighted by atomic mass is 19.4. The van der Waals surface area contributed by atoms with Crippen LogP contribution >= 0.6 is 0 Å². The molecule has 0 radical (unpaired) electrons. The number of rotatable bonds is 6. The van der Waals surface area contributed by atoms with E-state index in [9.17, 15) is 52.7 Å². The maximum Gasteiger partial charge on any atom is 0.416 e. The van der Waals surface area contributed by atoms with Crippen molar-refractivity contribution < 1.29 is 26.3 Å². The number of aromatic nitrogens is 2. The van der Waals surface area contributed by atoms with Gasteiger partial charge in [-0.05, 0) is 137 Å². The minimum Gasteiger partial charge on any atom is -0.309 e. The topological polar surface area (TPSA) is 129 Å². The zero-order valence-corrected chi connectivity index (χ0v) is 38.1. The average Bonchev–Trinajstić information content (AvgIpc) is 3.94. The molecule has 0 amide bonds. The minimum atomic E-state index is -5.13. The molecule has 0 saturated heterocycles. The van der Waals surface area contributed by atoms with Gasteiger partial charge in [-0.15, -0.1) is 0 Å². The normalized spacial score (nSPS) is 11.6. The number of alkyl halides is 6. The fourth-order valence-corrected chi connectivity index (χ4v) is 10.1. The number of benzene rings is 9. The maximum absolute atomic E-state index is 14.4. The van der Waals surface area contributed by atoms with Gasteiger partial charge in [0.2, 0.25) is 0 Å². The van der Waals surface area contributed by atoms with E-state index in [2.05, 4.69) is 30.3 Å². The van der Waals surface area contributed by atoms with Gasteiger partial charge in [0, 0.05) is 32.7 Å². The predicted octanol–water partition coefficient (Wildman–Crippen LogP) is 15.9. The van der Waals surface area contributed by atoms with Gasteiger partial charge in [0.15, 0.2) is 0 Å². The van der Waals surface area contributed by atoms with Crippen LogP contribution in [-0.4, -0.2) is 9.13 Å². The minimum absolute atomic E-state index is 0.00882.